The molecule has 4 nitrogen and oxygen atoms in total. The van der Waals surface area contributed by atoms with Gasteiger partial charge in [-0.1, -0.05) is 29.3 Å². The maximum absolute atomic E-state index is 11.5. The number of rotatable bonds is 3. The van der Waals surface area contributed by atoms with Crippen molar-refractivity contribution < 1.29 is 9.53 Å². The molecule has 0 unspecified atom stereocenters. The van der Waals surface area contributed by atoms with Gasteiger partial charge in [0.1, 0.15) is 0 Å². The van der Waals surface area contributed by atoms with Crippen LogP contribution in [0.2, 0.25) is 10.0 Å². The summed E-state index contributed by atoms with van der Waals surface area (Å²) in [6, 6.07) is 11.9. The van der Waals surface area contributed by atoms with Crippen molar-refractivity contribution in [2.45, 2.75) is 0 Å². The van der Waals surface area contributed by atoms with Gasteiger partial charge in [0, 0.05) is 10.7 Å². The lowest BCUT2D eigenvalue weighted by Crippen LogP contribution is -2.19. The zero-order chi connectivity index (χ0) is 16.1. The third-order valence-corrected chi connectivity index (χ3v) is 3.47. The molecule has 2 aromatic rings. The number of carbonyl (C=O) groups is 1. The topological polar surface area (TPSA) is 50.4 Å². The van der Waals surface area contributed by atoms with Crippen LogP contribution < -0.4 is 10.6 Å². The Morgan fingerprint density at radius 2 is 1.91 bits per heavy atom. The molecule has 114 valence electrons. The van der Waals surface area contributed by atoms with E-state index in [9.17, 15) is 4.79 Å². The largest absolute Gasteiger partial charge is 0.465 e. The molecule has 0 aliphatic heterocycles. The van der Waals surface area contributed by atoms with Crippen LogP contribution in [0.5, 0.6) is 0 Å². The highest BCUT2D eigenvalue weighted by molar-refractivity contribution is 7.80. The Labute approximate surface area is 143 Å². The summed E-state index contributed by atoms with van der Waals surface area (Å²) in [6.07, 6.45) is 0. The van der Waals surface area contributed by atoms with E-state index in [1.807, 2.05) is 0 Å². The first-order chi connectivity index (χ1) is 10.5. The number of thiocarbonyl (C=S) groups is 1. The first-order valence-electron chi connectivity index (χ1n) is 6.21. The van der Waals surface area contributed by atoms with Crippen molar-refractivity contribution in [3.63, 3.8) is 0 Å². The average Bonchev–Trinajstić information content (AvgIpc) is 2.49. The molecule has 2 aromatic carbocycles. The number of hydrogen-bond acceptors (Lipinski definition) is 3. The molecule has 0 aromatic heterocycles. The second kappa shape index (κ2) is 7.45. The van der Waals surface area contributed by atoms with Gasteiger partial charge in [0.05, 0.1) is 23.4 Å². The first kappa shape index (κ1) is 16.5. The molecule has 0 spiro atoms. The zero-order valence-corrected chi connectivity index (χ0v) is 13.9. The van der Waals surface area contributed by atoms with E-state index in [0.717, 1.165) is 0 Å². The summed E-state index contributed by atoms with van der Waals surface area (Å²) in [4.78, 5) is 11.5. The van der Waals surface area contributed by atoms with Crippen LogP contribution in [-0.2, 0) is 4.74 Å². The van der Waals surface area contributed by atoms with Crippen molar-refractivity contribution >= 4 is 57.9 Å². The van der Waals surface area contributed by atoms with E-state index in [1.54, 1.807) is 42.5 Å². The molecule has 0 heterocycles. The normalized spacial score (nSPS) is 9.95. The van der Waals surface area contributed by atoms with E-state index in [1.165, 1.54) is 7.11 Å². The van der Waals surface area contributed by atoms with E-state index in [2.05, 4.69) is 15.4 Å². The quantitative estimate of drug-likeness (QED) is 0.623. The highest BCUT2D eigenvalue weighted by atomic mass is 35.5. The van der Waals surface area contributed by atoms with Crippen LogP contribution in [0.25, 0.3) is 0 Å². The van der Waals surface area contributed by atoms with Gasteiger partial charge in [-0.15, -0.1) is 0 Å². The van der Waals surface area contributed by atoms with Crippen LogP contribution >= 0.6 is 35.4 Å². The van der Waals surface area contributed by atoms with Crippen LogP contribution in [0.4, 0.5) is 11.4 Å². The van der Waals surface area contributed by atoms with Gasteiger partial charge >= 0.3 is 5.97 Å². The average molecular weight is 355 g/mol. The second-order valence-corrected chi connectivity index (χ2v) is 5.53. The van der Waals surface area contributed by atoms with Crippen LogP contribution in [0.1, 0.15) is 10.4 Å². The molecule has 0 fully saturated rings. The summed E-state index contributed by atoms with van der Waals surface area (Å²) in [5.74, 6) is -0.414. The first-order valence-corrected chi connectivity index (χ1v) is 7.37. The van der Waals surface area contributed by atoms with Gasteiger partial charge in [0.15, 0.2) is 5.11 Å². The highest BCUT2D eigenvalue weighted by Gasteiger charge is 2.07. The SMILES string of the molecule is COC(=O)c1cccc(NC(=S)Nc2ccc(Cl)cc2Cl)c1. The number of nitrogens with one attached hydrogen (secondary N) is 2. The van der Waals surface area contributed by atoms with Crippen molar-refractivity contribution in [3.8, 4) is 0 Å². The molecule has 0 saturated carbocycles. The number of ether oxygens (including phenoxy) is 1. The number of methoxy groups -OCH3 is 1. The molecule has 0 aliphatic rings. The molecule has 7 heteroatoms. The summed E-state index contributed by atoms with van der Waals surface area (Å²) >= 11 is 17.1. The predicted molar refractivity (Wildman–Crippen MR) is 94.1 cm³/mol. The number of hydrogen-bond donors (Lipinski definition) is 2. The fourth-order valence-electron chi connectivity index (χ4n) is 1.72. The van der Waals surface area contributed by atoms with Crippen molar-refractivity contribution in [1.29, 1.82) is 0 Å². The van der Waals surface area contributed by atoms with E-state index in [-0.39, 0.29) is 0 Å². The Kier molecular flexibility index (Phi) is 5.60. The van der Waals surface area contributed by atoms with E-state index < -0.39 is 5.97 Å². The minimum absolute atomic E-state index is 0.339. The highest BCUT2D eigenvalue weighted by Crippen LogP contribution is 2.25. The minimum Gasteiger partial charge on any atom is -0.465 e. The summed E-state index contributed by atoms with van der Waals surface area (Å²) in [5, 5.41) is 7.27. The van der Waals surface area contributed by atoms with Crippen LogP contribution in [0.3, 0.4) is 0 Å². The summed E-state index contributed by atoms with van der Waals surface area (Å²) in [5.41, 5.74) is 1.72. The monoisotopic (exact) mass is 354 g/mol. The standard InChI is InChI=1S/C15H12Cl2N2O2S/c1-21-14(20)9-3-2-4-11(7-9)18-15(22)19-13-6-5-10(16)8-12(13)17/h2-8H,1H3,(H2,18,19,22). The summed E-state index contributed by atoms with van der Waals surface area (Å²) in [6.45, 7) is 0. The van der Waals surface area contributed by atoms with Gasteiger partial charge in [0.25, 0.3) is 0 Å². The smallest absolute Gasteiger partial charge is 0.337 e. The maximum atomic E-state index is 11.5. The molecule has 0 bridgehead atoms. The van der Waals surface area contributed by atoms with Gasteiger partial charge in [0.2, 0.25) is 0 Å². The minimum atomic E-state index is -0.414. The summed E-state index contributed by atoms with van der Waals surface area (Å²) in [7, 11) is 1.33. The third kappa shape index (κ3) is 4.34. The Bertz CT molecular complexity index is 722. The lowest BCUT2D eigenvalue weighted by molar-refractivity contribution is 0.0601. The number of benzene rings is 2. The van der Waals surface area contributed by atoms with Crippen molar-refractivity contribution in [2.75, 3.05) is 17.7 Å². The third-order valence-electron chi connectivity index (χ3n) is 2.72. The van der Waals surface area contributed by atoms with Gasteiger partial charge in [-0.3, -0.25) is 0 Å². The fourth-order valence-corrected chi connectivity index (χ4v) is 2.40. The number of esters is 1. The molecule has 2 rings (SSSR count). The van der Waals surface area contributed by atoms with E-state index in [0.29, 0.717) is 32.1 Å². The molecule has 0 amide bonds. The van der Waals surface area contributed by atoms with E-state index >= 15 is 0 Å². The Balaban J connectivity index is 2.07. The van der Waals surface area contributed by atoms with E-state index in [4.69, 9.17) is 35.4 Å². The molecular weight excluding hydrogens is 343 g/mol. The number of anilines is 2. The second-order valence-electron chi connectivity index (χ2n) is 4.28. The molecule has 2 N–H and O–H groups in total. The van der Waals surface area contributed by atoms with Gasteiger partial charge in [-0.25, -0.2) is 4.79 Å². The number of carbonyl (C=O) groups excluding carboxylic acids is 1. The molecule has 0 saturated heterocycles. The predicted octanol–water partition coefficient (Wildman–Crippen LogP) is 4.59. The Morgan fingerprint density at radius 1 is 1.14 bits per heavy atom. The Hall–Kier alpha value is -1.82. The lowest BCUT2D eigenvalue weighted by atomic mass is 10.2. The van der Waals surface area contributed by atoms with Crippen molar-refractivity contribution in [3.05, 3.63) is 58.1 Å². The van der Waals surface area contributed by atoms with Crippen LogP contribution in [0.15, 0.2) is 42.5 Å². The van der Waals surface area contributed by atoms with Crippen molar-refractivity contribution in [1.82, 2.24) is 0 Å². The lowest BCUT2D eigenvalue weighted by Gasteiger charge is -2.12. The molecule has 0 atom stereocenters. The van der Waals surface area contributed by atoms with Gasteiger partial charge in [-0.2, -0.15) is 0 Å². The fraction of sp³-hybridized carbons (Fsp3) is 0.0667. The molecular formula is C15H12Cl2N2O2S. The van der Waals surface area contributed by atoms with Crippen molar-refractivity contribution in [2.24, 2.45) is 0 Å². The molecule has 0 aliphatic carbocycles. The van der Waals surface area contributed by atoms with Gasteiger partial charge in [-0.05, 0) is 48.6 Å². The zero-order valence-electron chi connectivity index (χ0n) is 11.5. The number of halogens is 2. The molecule has 0 radical (unpaired) electrons. The van der Waals surface area contributed by atoms with Crippen LogP contribution in [-0.4, -0.2) is 18.2 Å². The maximum Gasteiger partial charge on any atom is 0.337 e. The van der Waals surface area contributed by atoms with Gasteiger partial charge < -0.3 is 15.4 Å². The Morgan fingerprint density at radius 3 is 2.59 bits per heavy atom. The molecule has 22 heavy (non-hydrogen) atoms. The summed E-state index contributed by atoms with van der Waals surface area (Å²) < 4.78 is 4.67. The van der Waals surface area contributed by atoms with Crippen LogP contribution in [0, 0.1) is 0 Å².